The zero-order valence-corrected chi connectivity index (χ0v) is 19.3. The van der Waals surface area contributed by atoms with Crippen molar-refractivity contribution in [2.24, 2.45) is 0 Å². The van der Waals surface area contributed by atoms with Gasteiger partial charge in [0.15, 0.2) is 0 Å². The van der Waals surface area contributed by atoms with Crippen molar-refractivity contribution in [1.29, 1.82) is 0 Å². The standard InChI is InChI=1S/C22H29Cl2N2.BrH/c1-3-5-6-7-10-15-25-17-26(21(24)20(25)23)22(4-2)14-13-18-11-8-9-12-19(18)16-22;/h8-9,11-14,17H,3-7,10,15-16H2,1-2H3;1H/q+1;/p-1. The summed E-state index contributed by atoms with van der Waals surface area (Å²) in [5.74, 6) is 0. The third-order valence-electron chi connectivity index (χ3n) is 5.61. The molecule has 27 heavy (non-hydrogen) atoms. The van der Waals surface area contributed by atoms with Crippen molar-refractivity contribution in [3.63, 3.8) is 0 Å². The third kappa shape index (κ3) is 4.81. The second-order valence-electron chi connectivity index (χ2n) is 7.34. The number of aromatic nitrogens is 2. The van der Waals surface area contributed by atoms with Gasteiger partial charge in [-0.05, 0) is 59.7 Å². The van der Waals surface area contributed by atoms with Crippen LogP contribution < -0.4 is 21.5 Å². The van der Waals surface area contributed by atoms with Crippen LogP contribution in [0.15, 0.2) is 36.7 Å². The first-order valence-electron chi connectivity index (χ1n) is 9.84. The molecule has 1 unspecified atom stereocenters. The summed E-state index contributed by atoms with van der Waals surface area (Å²) in [7, 11) is 0. The van der Waals surface area contributed by atoms with Crippen molar-refractivity contribution in [3.05, 3.63) is 58.1 Å². The smallest absolute Gasteiger partial charge is 0.255 e. The number of benzene rings is 1. The van der Waals surface area contributed by atoms with Crippen LogP contribution >= 0.6 is 23.2 Å². The Kier molecular flexibility index (Phi) is 8.45. The molecule has 0 N–H and O–H groups in total. The van der Waals surface area contributed by atoms with Gasteiger partial charge in [0.25, 0.3) is 10.3 Å². The number of rotatable bonds is 8. The first-order chi connectivity index (χ1) is 12.6. The van der Waals surface area contributed by atoms with E-state index in [1.54, 1.807) is 0 Å². The summed E-state index contributed by atoms with van der Waals surface area (Å²) in [6.07, 6.45) is 14.8. The Morgan fingerprint density at radius 2 is 1.81 bits per heavy atom. The van der Waals surface area contributed by atoms with E-state index in [9.17, 15) is 0 Å². The zero-order chi connectivity index (χ0) is 18.6. The van der Waals surface area contributed by atoms with Crippen LogP contribution in [0, 0.1) is 0 Å². The highest BCUT2D eigenvalue weighted by Gasteiger charge is 2.39. The lowest BCUT2D eigenvalue weighted by Gasteiger charge is -2.30. The Labute approximate surface area is 184 Å². The van der Waals surface area contributed by atoms with E-state index in [0.29, 0.717) is 10.3 Å². The summed E-state index contributed by atoms with van der Waals surface area (Å²) in [6.45, 7) is 5.39. The number of fused-ring (bicyclic) bond motifs is 1. The van der Waals surface area contributed by atoms with Crippen molar-refractivity contribution in [2.45, 2.75) is 70.9 Å². The van der Waals surface area contributed by atoms with E-state index >= 15 is 0 Å². The summed E-state index contributed by atoms with van der Waals surface area (Å²) in [5, 5.41) is 1.30. The molecule has 0 spiro atoms. The van der Waals surface area contributed by atoms with Gasteiger partial charge in [-0.15, -0.1) is 0 Å². The minimum atomic E-state index is -0.150. The van der Waals surface area contributed by atoms with Gasteiger partial charge in [0.1, 0.15) is 5.54 Å². The summed E-state index contributed by atoms with van der Waals surface area (Å²) < 4.78 is 4.29. The fraction of sp³-hybridized carbons (Fsp3) is 0.500. The van der Waals surface area contributed by atoms with Gasteiger partial charge in [-0.2, -0.15) is 0 Å². The first kappa shape index (κ1) is 22.5. The van der Waals surface area contributed by atoms with Gasteiger partial charge in [-0.3, -0.25) is 0 Å². The molecule has 0 saturated heterocycles. The second kappa shape index (κ2) is 10.1. The van der Waals surface area contributed by atoms with E-state index in [4.69, 9.17) is 23.2 Å². The summed E-state index contributed by atoms with van der Waals surface area (Å²) >= 11 is 13.3. The molecule has 3 rings (SSSR count). The maximum atomic E-state index is 6.68. The quantitative estimate of drug-likeness (QED) is 0.412. The lowest BCUT2D eigenvalue weighted by Crippen LogP contribution is -3.00. The zero-order valence-electron chi connectivity index (χ0n) is 16.2. The number of halogens is 3. The Morgan fingerprint density at radius 3 is 2.56 bits per heavy atom. The maximum Gasteiger partial charge on any atom is 0.255 e. The van der Waals surface area contributed by atoms with Gasteiger partial charge < -0.3 is 17.0 Å². The minimum Gasteiger partial charge on any atom is -1.00 e. The summed E-state index contributed by atoms with van der Waals surface area (Å²) in [5.41, 5.74) is 2.52. The van der Waals surface area contributed by atoms with E-state index in [2.05, 4.69) is 65.7 Å². The van der Waals surface area contributed by atoms with E-state index in [-0.39, 0.29) is 22.5 Å². The molecule has 0 saturated carbocycles. The number of hydrogen-bond acceptors (Lipinski definition) is 0. The molecule has 1 heterocycles. The van der Waals surface area contributed by atoms with Crippen LogP contribution in [0.1, 0.15) is 63.5 Å². The number of hydrogen-bond donors (Lipinski definition) is 0. The maximum absolute atomic E-state index is 6.68. The average molecular weight is 472 g/mol. The van der Waals surface area contributed by atoms with Crippen LogP contribution in [0.5, 0.6) is 0 Å². The third-order valence-corrected chi connectivity index (χ3v) is 6.46. The fourth-order valence-electron chi connectivity index (χ4n) is 3.88. The molecule has 5 heteroatoms. The van der Waals surface area contributed by atoms with Crippen LogP contribution in [0.3, 0.4) is 0 Å². The number of unbranched alkanes of at least 4 members (excludes halogenated alkanes) is 4. The Balaban J connectivity index is 0.00000261. The predicted molar refractivity (Wildman–Crippen MR) is 111 cm³/mol. The molecule has 1 aromatic heterocycles. The molecule has 1 aliphatic carbocycles. The molecular weight excluding hydrogens is 443 g/mol. The molecule has 0 amide bonds. The van der Waals surface area contributed by atoms with Crippen LogP contribution in [-0.4, -0.2) is 4.57 Å². The van der Waals surface area contributed by atoms with Gasteiger partial charge in [-0.25, -0.2) is 9.13 Å². The Morgan fingerprint density at radius 1 is 1.07 bits per heavy atom. The van der Waals surface area contributed by atoms with E-state index < -0.39 is 0 Å². The fourth-order valence-corrected chi connectivity index (χ4v) is 4.42. The lowest BCUT2D eigenvalue weighted by molar-refractivity contribution is -0.695. The normalized spacial score (nSPS) is 18.2. The van der Waals surface area contributed by atoms with Crippen LogP contribution in [0.2, 0.25) is 10.3 Å². The highest BCUT2D eigenvalue weighted by Crippen LogP contribution is 2.37. The van der Waals surface area contributed by atoms with Crippen molar-refractivity contribution in [2.75, 3.05) is 0 Å². The largest absolute Gasteiger partial charge is 1.00 e. The van der Waals surface area contributed by atoms with Gasteiger partial charge in [0, 0.05) is 6.42 Å². The SMILES string of the molecule is CCCCCCC[n+]1cn(C2(CC)C=Cc3ccccc3C2)c(Cl)c1Cl.[Br-]. The van der Waals surface area contributed by atoms with Crippen LogP contribution in [-0.2, 0) is 18.5 Å². The van der Waals surface area contributed by atoms with Crippen molar-refractivity contribution < 1.29 is 21.5 Å². The average Bonchev–Trinajstić information content (AvgIpc) is 2.96. The molecule has 0 aliphatic heterocycles. The molecule has 148 valence electrons. The van der Waals surface area contributed by atoms with Crippen molar-refractivity contribution in [3.8, 4) is 0 Å². The second-order valence-corrected chi connectivity index (χ2v) is 8.06. The van der Waals surface area contributed by atoms with Crippen molar-refractivity contribution in [1.82, 2.24) is 4.57 Å². The van der Waals surface area contributed by atoms with Crippen LogP contribution in [0.4, 0.5) is 0 Å². The number of imidazole rings is 1. The number of allylic oxidation sites excluding steroid dienone is 1. The van der Waals surface area contributed by atoms with Crippen molar-refractivity contribution >= 4 is 29.3 Å². The molecule has 0 bridgehead atoms. The Hall–Kier alpha value is -0.770. The topological polar surface area (TPSA) is 8.81 Å². The molecule has 2 aromatic rings. The first-order valence-corrected chi connectivity index (χ1v) is 10.6. The van der Waals surface area contributed by atoms with Crippen LogP contribution in [0.25, 0.3) is 6.08 Å². The molecule has 0 radical (unpaired) electrons. The van der Waals surface area contributed by atoms with Gasteiger partial charge >= 0.3 is 0 Å². The molecule has 1 aliphatic rings. The molecule has 1 aromatic carbocycles. The highest BCUT2D eigenvalue weighted by atomic mass is 79.9. The van der Waals surface area contributed by atoms with Gasteiger partial charge in [0.05, 0.1) is 6.54 Å². The monoisotopic (exact) mass is 470 g/mol. The highest BCUT2D eigenvalue weighted by molar-refractivity contribution is 6.39. The predicted octanol–water partition coefficient (Wildman–Crippen LogP) is 3.43. The molecule has 1 atom stereocenters. The number of aryl methyl sites for hydroxylation is 1. The molecule has 2 nitrogen and oxygen atoms in total. The minimum absolute atomic E-state index is 0. The molecular formula is C22H29BrCl2N2. The van der Waals surface area contributed by atoms with Gasteiger partial charge in [0.2, 0.25) is 6.33 Å². The van der Waals surface area contributed by atoms with Gasteiger partial charge in [-0.1, -0.05) is 63.5 Å². The van der Waals surface area contributed by atoms with E-state index in [1.165, 1.54) is 36.8 Å². The Bertz CT molecular complexity index is 785. The summed E-state index contributed by atoms with van der Waals surface area (Å²) in [6, 6.07) is 8.59. The summed E-state index contributed by atoms with van der Waals surface area (Å²) in [4.78, 5) is 0. The lowest BCUT2D eigenvalue weighted by atomic mass is 9.81. The van der Waals surface area contributed by atoms with E-state index in [0.717, 1.165) is 25.8 Å². The molecule has 0 fully saturated rings. The number of nitrogens with zero attached hydrogens (tertiary/aromatic N) is 2. The van der Waals surface area contributed by atoms with E-state index in [1.807, 2.05) is 0 Å².